The van der Waals surface area contributed by atoms with Gasteiger partial charge in [0.2, 0.25) is 0 Å². The fourth-order valence-corrected chi connectivity index (χ4v) is 3.40. The molecule has 5 nitrogen and oxygen atoms in total. The smallest absolute Gasteiger partial charge is 0.332 e. The number of hydrogen-bond donors (Lipinski definition) is 2. The fraction of sp³-hybridized carbons (Fsp3) is 0.0476. The number of aromatic amines is 2. The minimum absolute atomic E-state index is 0.185. The zero-order chi connectivity index (χ0) is 17.5. The van der Waals surface area contributed by atoms with Gasteiger partial charge in [-0.05, 0) is 54.0 Å². The molecule has 0 radical (unpaired) electrons. The lowest BCUT2D eigenvalue weighted by molar-refractivity contribution is 1.02. The predicted octanol–water partition coefficient (Wildman–Crippen LogP) is 3.83. The Labute approximate surface area is 149 Å². The van der Waals surface area contributed by atoms with Crippen molar-refractivity contribution >= 4 is 17.2 Å². The van der Waals surface area contributed by atoms with Gasteiger partial charge in [0.15, 0.2) is 5.65 Å². The van der Waals surface area contributed by atoms with Crippen molar-refractivity contribution < 1.29 is 0 Å². The normalized spacial score (nSPS) is 13.1. The number of fused-ring (bicyclic) bond motifs is 2. The Morgan fingerprint density at radius 3 is 2.81 bits per heavy atom. The summed E-state index contributed by atoms with van der Waals surface area (Å²) in [6.07, 6.45) is 11.0. The van der Waals surface area contributed by atoms with Gasteiger partial charge in [-0.1, -0.05) is 30.4 Å². The van der Waals surface area contributed by atoms with Crippen LogP contribution in [0.3, 0.4) is 0 Å². The van der Waals surface area contributed by atoms with Crippen LogP contribution in [0.1, 0.15) is 11.3 Å². The largest absolute Gasteiger partial charge is 0.355 e. The number of nitrogens with one attached hydrogen (secondary N) is 2. The van der Waals surface area contributed by atoms with E-state index in [-0.39, 0.29) is 5.69 Å². The van der Waals surface area contributed by atoms with E-state index in [9.17, 15) is 4.79 Å². The van der Waals surface area contributed by atoms with Crippen molar-refractivity contribution in [1.82, 2.24) is 19.5 Å². The first-order valence-corrected chi connectivity index (χ1v) is 8.51. The molecule has 2 N–H and O–H groups in total. The lowest BCUT2D eigenvalue weighted by Gasteiger charge is -2.05. The zero-order valence-corrected chi connectivity index (χ0v) is 13.9. The summed E-state index contributed by atoms with van der Waals surface area (Å²) in [6, 6.07) is 13.9. The van der Waals surface area contributed by atoms with E-state index in [4.69, 9.17) is 0 Å². The van der Waals surface area contributed by atoms with E-state index < -0.39 is 0 Å². The van der Waals surface area contributed by atoms with Gasteiger partial charge in [-0.3, -0.25) is 9.55 Å². The van der Waals surface area contributed by atoms with E-state index >= 15 is 0 Å². The maximum absolute atomic E-state index is 12.3. The highest BCUT2D eigenvalue weighted by Crippen LogP contribution is 2.26. The highest BCUT2D eigenvalue weighted by Gasteiger charge is 2.11. The summed E-state index contributed by atoms with van der Waals surface area (Å²) in [6.45, 7) is 0. The van der Waals surface area contributed by atoms with Crippen LogP contribution in [0, 0.1) is 0 Å². The van der Waals surface area contributed by atoms with Crippen LogP contribution in [0.25, 0.3) is 34.2 Å². The van der Waals surface area contributed by atoms with Gasteiger partial charge in [0.25, 0.3) is 0 Å². The molecule has 1 aromatic carbocycles. The molecule has 0 saturated heterocycles. The Hall–Kier alpha value is -3.60. The molecule has 0 aliphatic heterocycles. The molecule has 126 valence electrons. The average molecular weight is 340 g/mol. The van der Waals surface area contributed by atoms with E-state index in [1.165, 1.54) is 5.56 Å². The van der Waals surface area contributed by atoms with Gasteiger partial charge < -0.3 is 4.98 Å². The summed E-state index contributed by atoms with van der Waals surface area (Å²) in [7, 11) is 0. The molecule has 5 heteroatoms. The van der Waals surface area contributed by atoms with Crippen molar-refractivity contribution in [2.45, 2.75) is 6.42 Å². The van der Waals surface area contributed by atoms with Crippen molar-refractivity contribution in [3.63, 3.8) is 0 Å². The van der Waals surface area contributed by atoms with Gasteiger partial charge in [0, 0.05) is 17.6 Å². The molecule has 0 saturated carbocycles. The number of nitrogens with zero attached hydrogens (tertiary/aromatic N) is 2. The topological polar surface area (TPSA) is 66.5 Å². The number of hydrogen-bond acceptors (Lipinski definition) is 2. The van der Waals surface area contributed by atoms with E-state index in [2.05, 4.69) is 39.2 Å². The van der Waals surface area contributed by atoms with Crippen LogP contribution in [-0.2, 0) is 6.42 Å². The number of rotatable bonds is 2. The van der Waals surface area contributed by atoms with Crippen molar-refractivity contribution in [3.8, 4) is 16.9 Å². The average Bonchev–Trinajstić information content (AvgIpc) is 3.14. The first kappa shape index (κ1) is 14.7. The Morgan fingerprint density at radius 2 is 1.92 bits per heavy atom. The van der Waals surface area contributed by atoms with Crippen LogP contribution in [0.4, 0.5) is 0 Å². The van der Waals surface area contributed by atoms with Gasteiger partial charge in [-0.25, -0.2) is 9.78 Å². The molecule has 26 heavy (non-hydrogen) atoms. The van der Waals surface area contributed by atoms with Crippen LogP contribution < -0.4 is 5.69 Å². The maximum Gasteiger partial charge on any atom is 0.332 e. The molecule has 1 aliphatic carbocycles. The summed E-state index contributed by atoms with van der Waals surface area (Å²) < 4.78 is 1.64. The molecule has 3 heterocycles. The summed E-state index contributed by atoms with van der Waals surface area (Å²) in [4.78, 5) is 22.8. The molecule has 0 spiro atoms. The summed E-state index contributed by atoms with van der Waals surface area (Å²) in [5.41, 5.74) is 6.59. The second-order valence-corrected chi connectivity index (χ2v) is 6.30. The highest BCUT2D eigenvalue weighted by atomic mass is 16.1. The van der Waals surface area contributed by atoms with E-state index in [0.717, 1.165) is 34.6 Å². The van der Waals surface area contributed by atoms with Gasteiger partial charge in [0.05, 0.1) is 11.2 Å². The molecule has 0 unspecified atom stereocenters. The first-order valence-electron chi connectivity index (χ1n) is 8.51. The van der Waals surface area contributed by atoms with Crippen LogP contribution in [0.15, 0.2) is 71.7 Å². The molecular formula is C21H16N4O. The lowest BCUT2D eigenvalue weighted by atomic mass is 10.1. The number of aromatic nitrogens is 4. The van der Waals surface area contributed by atoms with Crippen LogP contribution >= 0.6 is 0 Å². The lowest BCUT2D eigenvalue weighted by Crippen LogP contribution is -2.14. The number of pyridine rings is 1. The number of allylic oxidation sites excluding steroid dienone is 3. The predicted molar refractivity (Wildman–Crippen MR) is 103 cm³/mol. The molecule has 5 rings (SSSR count). The molecule has 0 atom stereocenters. The number of H-pyrrole nitrogens is 2. The second-order valence-electron chi connectivity index (χ2n) is 6.30. The molecule has 1 aliphatic rings. The minimum atomic E-state index is -0.185. The van der Waals surface area contributed by atoms with Gasteiger partial charge in [-0.15, -0.1) is 0 Å². The third-order valence-electron chi connectivity index (χ3n) is 4.67. The van der Waals surface area contributed by atoms with Crippen molar-refractivity contribution in [1.29, 1.82) is 0 Å². The van der Waals surface area contributed by atoms with Crippen LogP contribution in [-0.4, -0.2) is 19.5 Å². The summed E-state index contributed by atoms with van der Waals surface area (Å²) in [5.74, 6) is 0. The SMILES string of the molecule is O=c1[nH]c2ncccc2n1-c1ccc(-c2cc3c([nH]2)C=CC=CC3)cc1. The summed E-state index contributed by atoms with van der Waals surface area (Å²) in [5, 5.41) is 0. The molecule has 0 bridgehead atoms. The van der Waals surface area contributed by atoms with Crippen molar-refractivity contribution in [2.24, 2.45) is 0 Å². The van der Waals surface area contributed by atoms with Gasteiger partial charge in [-0.2, -0.15) is 0 Å². The van der Waals surface area contributed by atoms with E-state index in [0.29, 0.717) is 5.65 Å². The highest BCUT2D eigenvalue weighted by molar-refractivity contribution is 5.74. The standard InChI is InChI=1S/C21H16N4O/c26-21-24-20-19(7-4-12-22-20)25(21)16-10-8-14(9-11-16)18-13-15-5-2-1-3-6-17(15)23-18/h1-4,6-13,23H,5H2,(H,22,24,26). The van der Waals surface area contributed by atoms with Gasteiger partial charge >= 0.3 is 5.69 Å². The molecule has 0 fully saturated rings. The minimum Gasteiger partial charge on any atom is -0.355 e. The number of imidazole rings is 1. The fourth-order valence-electron chi connectivity index (χ4n) is 3.40. The molecule has 0 amide bonds. The third kappa shape index (κ3) is 2.33. The second kappa shape index (κ2) is 5.74. The van der Waals surface area contributed by atoms with E-state index in [1.54, 1.807) is 10.8 Å². The zero-order valence-electron chi connectivity index (χ0n) is 13.9. The van der Waals surface area contributed by atoms with Gasteiger partial charge in [0.1, 0.15) is 0 Å². The van der Waals surface area contributed by atoms with Crippen LogP contribution in [0.2, 0.25) is 0 Å². The summed E-state index contributed by atoms with van der Waals surface area (Å²) >= 11 is 0. The van der Waals surface area contributed by atoms with Crippen molar-refractivity contribution in [3.05, 3.63) is 88.6 Å². The van der Waals surface area contributed by atoms with Crippen molar-refractivity contribution in [2.75, 3.05) is 0 Å². The quantitative estimate of drug-likeness (QED) is 0.582. The Kier molecular flexibility index (Phi) is 3.25. The Bertz CT molecular complexity index is 1220. The third-order valence-corrected chi connectivity index (χ3v) is 4.67. The van der Waals surface area contributed by atoms with E-state index in [1.807, 2.05) is 42.5 Å². The molecule has 3 aromatic heterocycles. The Balaban J connectivity index is 1.55. The Morgan fingerprint density at radius 1 is 1.04 bits per heavy atom. The molecular weight excluding hydrogens is 324 g/mol. The molecule has 4 aromatic rings. The first-order chi connectivity index (χ1) is 12.8. The monoisotopic (exact) mass is 340 g/mol. The number of benzene rings is 1. The van der Waals surface area contributed by atoms with Crippen LogP contribution in [0.5, 0.6) is 0 Å². The maximum atomic E-state index is 12.3.